The van der Waals surface area contributed by atoms with Crippen molar-refractivity contribution in [1.29, 1.82) is 0 Å². The number of ether oxygens (including phenoxy) is 2. The number of carboxylic acid groups (broad SMARTS) is 2. The molecule has 0 radical (unpaired) electrons. The molecule has 2 fully saturated rings. The summed E-state index contributed by atoms with van der Waals surface area (Å²) in [5.41, 5.74) is 24.9. The summed E-state index contributed by atoms with van der Waals surface area (Å²) in [5, 5.41) is 57.5. The van der Waals surface area contributed by atoms with Crippen molar-refractivity contribution in [3.63, 3.8) is 0 Å². The van der Waals surface area contributed by atoms with Crippen LogP contribution >= 0.6 is 46.9 Å². The van der Waals surface area contributed by atoms with E-state index in [2.05, 4.69) is 51.9 Å². The molecule has 43 nitrogen and oxygen atoms in total. The van der Waals surface area contributed by atoms with Crippen LogP contribution < -0.4 is 22.9 Å². The number of hydrogen-bond donors (Lipinski definition) is 20. The second-order valence-electron chi connectivity index (χ2n) is 17.3. The monoisotopic (exact) mass is 1360 g/mol. The Morgan fingerprint density at radius 1 is 0.494 bits per heavy atom. The van der Waals surface area contributed by atoms with E-state index in [1.165, 1.54) is 28.1 Å². The van der Waals surface area contributed by atoms with E-state index < -0.39 is 133 Å². The van der Waals surface area contributed by atoms with Crippen molar-refractivity contribution >= 4 is 92.8 Å². The minimum Gasteiger partial charge on any atom is -0.480 e. The lowest BCUT2D eigenvalue weighted by atomic mass is 10.1. The Morgan fingerprint density at radius 2 is 0.851 bits per heavy atom. The van der Waals surface area contributed by atoms with Gasteiger partial charge < -0.3 is 112 Å². The molecule has 87 heavy (non-hydrogen) atoms. The molecule has 2 aliphatic heterocycles. The zero-order valence-corrected chi connectivity index (χ0v) is 48.9. The lowest BCUT2D eigenvalue weighted by molar-refractivity contribution is -0.139. The van der Waals surface area contributed by atoms with Crippen LogP contribution in [0.4, 0.5) is 11.6 Å². The second-order valence-corrected chi connectivity index (χ2v) is 25.5. The molecule has 6 aromatic rings. The van der Waals surface area contributed by atoms with Crippen molar-refractivity contribution in [3.05, 3.63) is 97.1 Å². The average molecular weight is 1360 g/mol. The molecule has 0 saturated carbocycles. The Balaban J connectivity index is 0.000000252. The standard InChI is InChI=1S/C10H16N5O13P3.C10H14N5O7P.2C9H11NO2.H4O7P2/c11-8-5-9(13-2-12-8)15(3-14-5)10-7(17)6(16)4(26-10)1-25-30(21,22)28-31(23,24)27-29(18,19)20;11-8-5-9(13-2-12-8)15(3-14-5)10-7(17)6(16)4(22-10)1-21-23(18,19)20;2*10-8(9(11)12)6-7-4-2-1-3-5-7;1-8(2,3)7-9(4,5)6/h2-4,6-7,10,16-17H,1H2,(H,21,22)(H,23,24)(H2,11,12,13)(H2,18,19,20);2-4,6-7,10,16-17H,1H2,(H2,11,12,13)(H2,18,19,20);2*1-5,8H,6,10H2,(H,11,12);(H2,1,2,3)(H2,4,5,6)/t2*4-,6-,7-,10-;2*8-;/m1110./s1. The van der Waals surface area contributed by atoms with Gasteiger partial charge >= 0.3 is 58.9 Å². The third-order valence-electron chi connectivity index (χ3n) is 10.7. The number of anilines is 2. The average Bonchev–Trinajstić information content (AvgIpc) is 1.70. The van der Waals surface area contributed by atoms with Crippen LogP contribution in [0.5, 0.6) is 0 Å². The first-order valence-corrected chi connectivity index (χ1v) is 32.4. The van der Waals surface area contributed by atoms with Crippen LogP contribution in [-0.4, -0.2) is 192 Å². The minimum atomic E-state index is -5.70. The molecule has 0 bridgehead atoms. The number of phosphoric ester groups is 2. The van der Waals surface area contributed by atoms with Crippen LogP contribution in [0.3, 0.4) is 0 Å². The van der Waals surface area contributed by atoms with E-state index >= 15 is 0 Å². The number of aliphatic carboxylic acids is 2. The maximum atomic E-state index is 11.8. The molecule has 0 spiro atoms. The summed E-state index contributed by atoms with van der Waals surface area (Å²) >= 11 is 0. The van der Waals surface area contributed by atoms with E-state index in [1.54, 1.807) is 0 Å². The number of fused-ring (bicyclic) bond motifs is 2. The number of carbonyl (C=O) groups is 2. The van der Waals surface area contributed by atoms with Crippen LogP contribution in [-0.2, 0) is 81.3 Å². The van der Waals surface area contributed by atoms with Crippen molar-refractivity contribution in [2.24, 2.45) is 11.5 Å². The van der Waals surface area contributed by atoms with Gasteiger partial charge in [-0.1, -0.05) is 60.7 Å². The number of benzene rings is 2. The van der Waals surface area contributed by atoms with Gasteiger partial charge in [0.15, 0.2) is 35.4 Å². The van der Waals surface area contributed by atoms with Crippen LogP contribution in [0, 0.1) is 0 Å². The lowest BCUT2D eigenvalue weighted by Gasteiger charge is -2.19. The Morgan fingerprint density at radius 3 is 1.17 bits per heavy atom. The number of nitrogens with zero attached hydrogens (tertiary/aromatic N) is 8. The molecule has 2 aromatic carbocycles. The smallest absolute Gasteiger partial charge is 0.480 e. The Labute approximate surface area is 485 Å². The number of nitrogen functional groups attached to an aromatic ring is 2. The van der Waals surface area contributed by atoms with Gasteiger partial charge in [-0.3, -0.25) is 27.8 Å². The number of rotatable bonds is 20. The van der Waals surface area contributed by atoms with E-state index in [-0.39, 0.29) is 28.4 Å². The first-order chi connectivity index (χ1) is 40.1. The molecule has 8 rings (SSSR count). The van der Waals surface area contributed by atoms with Gasteiger partial charge in [-0.25, -0.2) is 57.3 Å². The van der Waals surface area contributed by atoms with Gasteiger partial charge in [-0.05, 0) is 24.0 Å². The first-order valence-electron chi connectivity index (χ1n) is 23.3. The lowest BCUT2D eigenvalue weighted by Crippen LogP contribution is -2.33. The molecule has 49 heteroatoms. The third-order valence-corrected chi connectivity index (χ3v) is 16.7. The summed E-state index contributed by atoms with van der Waals surface area (Å²) in [6, 6.07) is 17.1. The predicted molar refractivity (Wildman–Crippen MR) is 286 cm³/mol. The summed E-state index contributed by atoms with van der Waals surface area (Å²) in [6.45, 7) is -1.55. The fraction of sp³-hybridized carbons (Fsp3) is 0.368. The molecule has 0 aliphatic carbocycles. The molecule has 2 aliphatic rings. The minimum absolute atomic E-state index is 0.0426. The van der Waals surface area contributed by atoms with E-state index in [0.29, 0.717) is 18.4 Å². The molecule has 24 N–H and O–H groups in total. The molecular weight excluding hydrogens is 1310 g/mol. The molecule has 4 aromatic heterocycles. The van der Waals surface area contributed by atoms with E-state index in [9.17, 15) is 62.3 Å². The van der Waals surface area contributed by atoms with E-state index in [1.807, 2.05) is 60.7 Å². The van der Waals surface area contributed by atoms with Crippen LogP contribution in [0.1, 0.15) is 23.6 Å². The van der Waals surface area contributed by atoms with Crippen LogP contribution in [0.2, 0.25) is 0 Å². The summed E-state index contributed by atoms with van der Waals surface area (Å²) in [4.78, 5) is 128. The normalized spacial score (nSPS) is 22.5. The Kier molecular flexibility index (Phi) is 26.6. The van der Waals surface area contributed by atoms with Crippen LogP contribution in [0.25, 0.3) is 22.3 Å². The van der Waals surface area contributed by atoms with Crippen molar-refractivity contribution < 1.29 is 148 Å². The molecule has 12 atom stereocenters. The van der Waals surface area contributed by atoms with Crippen LogP contribution in [0.15, 0.2) is 86.0 Å². The summed E-state index contributed by atoms with van der Waals surface area (Å²) < 4.78 is 95.9. The van der Waals surface area contributed by atoms with Gasteiger partial charge in [0.1, 0.15) is 72.4 Å². The zero-order chi connectivity index (χ0) is 65.6. The molecule has 484 valence electrons. The van der Waals surface area contributed by atoms with E-state index in [0.717, 1.165) is 17.5 Å². The second kappa shape index (κ2) is 31.3. The van der Waals surface area contributed by atoms with Crippen molar-refractivity contribution in [2.45, 2.75) is 74.0 Å². The number of imidazole rings is 2. The third kappa shape index (κ3) is 24.5. The molecular formula is C38H56N12O31P6. The van der Waals surface area contributed by atoms with Crippen molar-refractivity contribution in [2.75, 3.05) is 24.7 Å². The van der Waals surface area contributed by atoms with Crippen molar-refractivity contribution in [3.8, 4) is 0 Å². The Hall–Kier alpha value is -5.46. The van der Waals surface area contributed by atoms with Crippen molar-refractivity contribution in [1.82, 2.24) is 39.0 Å². The largest absolute Gasteiger partial charge is 0.490 e. The number of carboxylic acids is 2. The van der Waals surface area contributed by atoms with Gasteiger partial charge in [-0.2, -0.15) is 12.9 Å². The van der Waals surface area contributed by atoms with Gasteiger partial charge in [0.05, 0.1) is 25.9 Å². The molecule has 6 heterocycles. The summed E-state index contributed by atoms with van der Waals surface area (Å²) in [6.07, 6.45) is -5.41. The number of phosphoric acid groups is 6. The number of hydrogen-bond acceptors (Lipinski definition) is 29. The van der Waals surface area contributed by atoms with Gasteiger partial charge in [-0.15, -0.1) is 0 Å². The molecule has 2 unspecified atom stereocenters. The number of aromatic nitrogens is 8. The molecule has 2 saturated heterocycles. The van der Waals surface area contributed by atoms with Gasteiger partial charge in [0, 0.05) is 0 Å². The fourth-order valence-electron chi connectivity index (χ4n) is 7.00. The van der Waals surface area contributed by atoms with Gasteiger partial charge in [0.2, 0.25) is 0 Å². The number of aliphatic hydroxyl groups excluding tert-OH is 4. The quantitative estimate of drug-likeness (QED) is 0.0338. The Bertz CT molecular complexity index is 3460. The zero-order valence-electron chi connectivity index (χ0n) is 43.5. The van der Waals surface area contributed by atoms with E-state index in [4.69, 9.17) is 86.7 Å². The number of nitrogens with two attached hydrogens (primary N) is 4. The highest BCUT2D eigenvalue weighted by molar-refractivity contribution is 7.66. The summed E-state index contributed by atoms with van der Waals surface area (Å²) in [7, 11) is -31.5. The number of aliphatic hydroxyl groups is 4. The summed E-state index contributed by atoms with van der Waals surface area (Å²) in [5.74, 6) is -1.73. The highest BCUT2D eigenvalue weighted by Gasteiger charge is 2.48. The first kappa shape index (κ1) is 74.0. The maximum absolute atomic E-state index is 11.8. The highest BCUT2D eigenvalue weighted by atomic mass is 31.3. The topological polar surface area (TPSA) is 716 Å². The predicted octanol–water partition coefficient (Wildman–Crippen LogP) is -3.02. The maximum Gasteiger partial charge on any atom is 0.490 e. The van der Waals surface area contributed by atoms with Gasteiger partial charge in [0.25, 0.3) is 0 Å². The molecule has 0 amide bonds. The fourth-order valence-corrected chi connectivity index (χ4v) is 11.5. The highest BCUT2D eigenvalue weighted by Crippen LogP contribution is 2.66. The SMILES string of the molecule is N[C@@H](Cc1ccccc1)C(=O)O.N[C@H](Cc1ccccc1)C(=O)O.Nc1ncnc2c1ncn2[C@@H]1O[C@H](COP(=O)(O)O)[C@@H](O)[C@H]1O.Nc1ncnc2c1ncn2[C@@H]1O[C@H](COP(=O)(O)OP(=O)(O)OP(=O)(O)O)[C@@H](O)[C@H]1O.O=P(O)(O)OP(=O)(O)O.